The van der Waals surface area contributed by atoms with Crippen LogP contribution >= 0.6 is 11.6 Å². The van der Waals surface area contributed by atoms with Crippen LogP contribution in [-0.2, 0) is 27.7 Å². The van der Waals surface area contributed by atoms with Crippen molar-refractivity contribution in [2.45, 2.75) is 57.9 Å². The number of imidazole rings is 1. The van der Waals surface area contributed by atoms with E-state index in [2.05, 4.69) is 16.8 Å². The number of unbranched alkanes of at least 4 members (excludes halogenated alkanes) is 1. The van der Waals surface area contributed by atoms with E-state index in [0.717, 1.165) is 36.2 Å². The van der Waals surface area contributed by atoms with Crippen molar-refractivity contribution >= 4 is 50.5 Å². The fourth-order valence-corrected chi connectivity index (χ4v) is 6.39. The Morgan fingerprint density at radius 3 is 2.38 bits per heavy atom. The number of sulfonamides is 1. The van der Waals surface area contributed by atoms with E-state index in [9.17, 15) is 18.0 Å². The third-order valence-electron chi connectivity index (χ3n) is 7.65. The van der Waals surface area contributed by atoms with Gasteiger partial charge in [-0.3, -0.25) is 4.79 Å². The van der Waals surface area contributed by atoms with Gasteiger partial charge in [0.2, 0.25) is 0 Å². The Bertz CT molecular complexity index is 2010. The molecule has 12 heteroatoms. The summed E-state index contributed by atoms with van der Waals surface area (Å²) in [5.74, 6) is 0.605. The van der Waals surface area contributed by atoms with Crippen molar-refractivity contribution in [1.29, 1.82) is 0 Å². The molecule has 47 heavy (non-hydrogen) atoms. The molecule has 0 fully saturated rings. The number of carbonyl (C=O) groups excluding carboxylic acids is 2. The van der Waals surface area contributed by atoms with E-state index in [-0.39, 0.29) is 17.4 Å². The normalized spacial score (nSPS) is 11.4. The van der Waals surface area contributed by atoms with Gasteiger partial charge in [0.25, 0.3) is 15.9 Å². The van der Waals surface area contributed by atoms with Gasteiger partial charge in [-0.15, -0.1) is 0 Å². The Labute approximate surface area is 279 Å². The number of rotatable bonds is 12. The lowest BCUT2D eigenvalue weighted by molar-refractivity contribution is 0.102. The summed E-state index contributed by atoms with van der Waals surface area (Å²) < 4.78 is 35.3. The summed E-state index contributed by atoms with van der Waals surface area (Å²) in [5.41, 5.74) is 5.37. The van der Waals surface area contributed by atoms with E-state index in [0.29, 0.717) is 51.5 Å². The zero-order chi connectivity index (χ0) is 33.6. The highest BCUT2D eigenvalue weighted by molar-refractivity contribution is 7.90. The Balaban J connectivity index is 1.39. The average molecular weight is 674 g/mol. The minimum absolute atomic E-state index is 0.0235. The number of halogens is 1. The van der Waals surface area contributed by atoms with E-state index >= 15 is 0 Å². The molecule has 0 bridgehead atoms. The minimum Gasteiger partial charge on any atom is -0.449 e. The summed E-state index contributed by atoms with van der Waals surface area (Å²) in [6.45, 7) is 6.57. The minimum atomic E-state index is -4.17. The lowest BCUT2D eigenvalue weighted by Crippen LogP contribution is -2.31. The lowest BCUT2D eigenvalue weighted by Gasteiger charge is -2.13. The standard InChI is InChI=1S/C35H36ClN5O5S/c1-4-6-20-46-35(43)40-47(44,45)30-11-8-7-10-28(30)25-14-12-24(13-15-25)22-41-31(9-5-2)39-32-23(3)29(21-37-33(32)41)38-34(42)26-16-18-27(36)19-17-26/h7-8,10-19,21H,4-6,9,20,22H2,1-3H3,(H,38,42)(H,40,43). The second-order valence-corrected chi connectivity index (χ2v) is 13.2. The number of nitrogens with one attached hydrogen (secondary N) is 2. The molecule has 0 unspecified atom stereocenters. The first kappa shape index (κ1) is 33.6. The number of amides is 2. The highest BCUT2D eigenvalue weighted by atomic mass is 35.5. The summed E-state index contributed by atoms with van der Waals surface area (Å²) >= 11 is 5.97. The van der Waals surface area contributed by atoms with E-state index in [1.165, 1.54) is 6.07 Å². The van der Waals surface area contributed by atoms with Gasteiger partial charge in [0.15, 0.2) is 5.65 Å². The van der Waals surface area contributed by atoms with Crippen molar-refractivity contribution in [2.75, 3.05) is 11.9 Å². The highest BCUT2D eigenvalue weighted by Crippen LogP contribution is 2.29. The first-order valence-corrected chi connectivity index (χ1v) is 17.3. The van der Waals surface area contributed by atoms with Crippen molar-refractivity contribution in [1.82, 2.24) is 19.3 Å². The molecule has 5 aromatic rings. The van der Waals surface area contributed by atoms with Crippen molar-refractivity contribution < 1.29 is 22.7 Å². The number of carbonyl (C=O) groups is 2. The third-order valence-corrected chi connectivity index (χ3v) is 9.28. The van der Waals surface area contributed by atoms with Crippen LogP contribution in [0, 0.1) is 6.92 Å². The van der Waals surface area contributed by atoms with Crippen LogP contribution in [0.5, 0.6) is 0 Å². The Kier molecular flexibility index (Phi) is 10.6. The van der Waals surface area contributed by atoms with Crippen molar-refractivity contribution in [3.05, 3.63) is 107 Å². The SMILES string of the molecule is CCCCOC(=O)NS(=O)(=O)c1ccccc1-c1ccc(Cn2c(CCC)nc3c(C)c(NC(=O)c4ccc(Cl)cc4)cnc32)cc1. The average Bonchev–Trinajstić information content (AvgIpc) is 3.40. The molecule has 3 aromatic carbocycles. The van der Waals surface area contributed by atoms with Crippen LogP contribution in [0.25, 0.3) is 22.3 Å². The molecule has 0 aliphatic carbocycles. The summed E-state index contributed by atoms with van der Waals surface area (Å²) in [6.07, 6.45) is 3.72. The Morgan fingerprint density at radius 1 is 0.957 bits per heavy atom. The lowest BCUT2D eigenvalue weighted by atomic mass is 10.0. The monoisotopic (exact) mass is 673 g/mol. The number of hydrogen-bond donors (Lipinski definition) is 2. The molecule has 0 atom stereocenters. The molecule has 2 aromatic heterocycles. The molecule has 244 valence electrons. The van der Waals surface area contributed by atoms with Crippen LogP contribution in [0.1, 0.15) is 60.4 Å². The predicted molar refractivity (Wildman–Crippen MR) is 183 cm³/mol. The largest absolute Gasteiger partial charge is 0.449 e. The third kappa shape index (κ3) is 7.81. The van der Waals surface area contributed by atoms with Gasteiger partial charge in [0, 0.05) is 28.1 Å². The van der Waals surface area contributed by atoms with E-state index in [1.807, 2.05) is 42.8 Å². The maximum Gasteiger partial charge on any atom is 0.421 e. The number of fused-ring (bicyclic) bond motifs is 1. The zero-order valence-electron chi connectivity index (χ0n) is 26.4. The fourth-order valence-electron chi connectivity index (χ4n) is 5.14. The number of hydrogen-bond acceptors (Lipinski definition) is 7. The molecule has 10 nitrogen and oxygen atoms in total. The maximum absolute atomic E-state index is 13.1. The van der Waals surface area contributed by atoms with Gasteiger partial charge < -0.3 is 14.6 Å². The Hall–Kier alpha value is -4.74. The van der Waals surface area contributed by atoms with Crippen molar-refractivity contribution in [2.24, 2.45) is 0 Å². The quantitative estimate of drug-likeness (QED) is 0.131. The number of benzene rings is 3. The van der Waals surface area contributed by atoms with Gasteiger partial charge in [0.05, 0.1) is 29.9 Å². The van der Waals surface area contributed by atoms with Crippen LogP contribution in [-0.4, -0.2) is 41.6 Å². The van der Waals surface area contributed by atoms with Gasteiger partial charge in [-0.1, -0.05) is 74.3 Å². The molecule has 0 aliphatic heterocycles. The first-order chi connectivity index (χ1) is 22.6. The molecule has 0 spiro atoms. The van der Waals surface area contributed by atoms with E-state index in [1.54, 1.807) is 48.7 Å². The van der Waals surface area contributed by atoms with Gasteiger partial charge in [-0.2, -0.15) is 0 Å². The number of nitrogens with zero attached hydrogens (tertiary/aromatic N) is 3. The zero-order valence-corrected chi connectivity index (χ0v) is 28.0. The van der Waals surface area contributed by atoms with Crippen molar-refractivity contribution in [3.63, 3.8) is 0 Å². The Morgan fingerprint density at radius 2 is 1.68 bits per heavy atom. The number of pyridine rings is 1. The number of aryl methyl sites for hydroxylation is 2. The molecule has 5 rings (SSSR count). The second-order valence-electron chi connectivity index (χ2n) is 11.1. The van der Waals surface area contributed by atoms with Gasteiger partial charge >= 0.3 is 6.09 Å². The van der Waals surface area contributed by atoms with Crippen LogP contribution in [0.4, 0.5) is 10.5 Å². The number of aromatic nitrogens is 3. The molecule has 2 heterocycles. The number of anilines is 1. The van der Waals surface area contributed by atoms with Crippen LogP contribution in [0.2, 0.25) is 5.02 Å². The first-order valence-electron chi connectivity index (χ1n) is 15.4. The van der Waals surface area contributed by atoms with Gasteiger partial charge in [-0.25, -0.2) is 27.9 Å². The maximum atomic E-state index is 13.1. The van der Waals surface area contributed by atoms with Crippen LogP contribution in [0.3, 0.4) is 0 Å². The molecular formula is C35H36ClN5O5S. The summed E-state index contributed by atoms with van der Waals surface area (Å²) in [7, 11) is -4.17. The molecule has 0 saturated carbocycles. The summed E-state index contributed by atoms with van der Waals surface area (Å²) in [4.78, 5) is 34.6. The molecule has 2 N–H and O–H groups in total. The van der Waals surface area contributed by atoms with Gasteiger partial charge in [0.1, 0.15) is 11.3 Å². The van der Waals surface area contributed by atoms with Crippen molar-refractivity contribution in [3.8, 4) is 11.1 Å². The predicted octanol–water partition coefficient (Wildman–Crippen LogP) is 7.53. The summed E-state index contributed by atoms with van der Waals surface area (Å²) in [6, 6.07) is 20.7. The smallest absolute Gasteiger partial charge is 0.421 e. The number of ether oxygens (including phenoxy) is 1. The topological polar surface area (TPSA) is 132 Å². The van der Waals surface area contributed by atoms with Gasteiger partial charge in [-0.05, 0) is 61.2 Å². The van der Waals surface area contributed by atoms with Crippen LogP contribution in [0.15, 0.2) is 83.9 Å². The highest BCUT2D eigenvalue weighted by Gasteiger charge is 2.23. The molecule has 0 aliphatic rings. The van der Waals surface area contributed by atoms with E-state index in [4.69, 9.17) is 26.3 Å². The fraction of sp³-hybridized carbons (Fsp3) is 0.257. The molecule has 0 saturated heterocycles. The summed E-state index contributed by atoms with van der Waals surface area (Å²) in [5, 5.41) is 3.49. The van der Waals surface area contributed by atoms with Crippen LogP contribution < -0.4 is 10.0 Å². The molecule has 2 amide bonds. The molecular weight excluding hydrogens is 638 g/mol. The second kappa shape index (κ2) is 14.8. The molecule has 0 radical (unpaired) electrons. The van der Waals surface area contributed by atoms with E-state index < -0.39 is 16.1 Å².